The van der Waals surface area contributed by atoms with Crippen LogP contribution in [0, 0.1) is 0 Å². The van der Waals surface area contributed by atoms with E-state index in [-0.39, 0.29) is 5.35 Å². The van der Waals surface area contributed by atoms with Crippen molar-refractivity contribution >= 4 is 23.4 Å². The summed E-state index contributed by atoms with van der Waals surface area (Å²) in [6.45, 7) is 0. The summed E-state index contributed by atoms with van der Waals surface area (Å²) >= 11 is 7.51. The van der Waals surface area contributed by atoms with Gasteiger partial charge in [0.2, 0.25) is 0 Å². The van der Waals surface area contributed by atoms with E-state index in [1.54, 1.807) is 6.20 Å². The largest absolute Gasteiger partial charge is 0.432 e. The Hall–Kier alpha value is -0.150. The highest BCUT2D eigenvalue weighted by Crippen LogP contribution is 2.32. The van der Waals surface area contributed by atoms with Crippen molar-refractivity contribution in [2.75, 3.05) is 11.5 Å². The summed E-state index contributed by atoms with van der Waals surface area (Å²) in [5, 5.41) is 0.261. The molecule has 0 aromatic carbocycles. The molecule has 2 nitrogen and oxygen atoms in total. The maximum absolute atomic E-state index is 5.55. The van der Waals surface area contributed by atoms with Crippen LogP contribution in [-0.4, -0.2) is 16.5 Å². The van der Waals surface area contributed by atoms with E-state index in [0.29, 0.717) is 5.92 Å². The fraction of sp³-hybridized carbons (Fsp3) is 0.571. The topological polar surface area (TPSA) is 26.0 Å². The Bertz CT molecular complexity index is 244. The van der Waals surface area contributed by atoms with Gasteiger partial charge in [-0.15, -0.1) is 0 Å². The maximum Gasteiger partial charge on any atom is 0.292 e. The highest BCUT2D eigenvalue weighted by molar-refractivity contribution is 7.99. The Kier molecular flexibility index (Phi) is 2.09. The van der Waals surface area contributed by atoms with E-state index in [1.165, 1.54) is 12.2 Å². The van der Waals surface area contributed by atoms with Crippen LogP contribution >= 0.6 is 23.4 Å². The molecule has 1 aliphatic heterocycles. The number of hydrogen-bond donors (Lipinski definition) is 0. The molecule has 0 radical (unpaired) electrons. The van der Waals surface area contributed by atoms with Gasteiger partial charge >= 0.3 is 0 Å². The average molecular weight is 190 g/mol. The van der Waals surface area contributed by atoms with Crippen LogP contribution in [0.4, 0.5) is 0 Å². The normalized spacial score (nSPS) is 24.3. The quantitative estimate of drug-likeness (QED) is 0.679. The second kappa shape index (κ2) is 3.07. The van der Waals surface area contributed by atoms with Gasteiger partial charge in [0.25, 0.3) is 5.35 Å². The van der Waals surface area contributed by atoms with Gasteiger partial charge in [0.15, 0.2) is 0 Å². The number of nitrogens with zero attached hydrogens (tertiary/aromatic N) is 1. The van der Waals surface area contributed by atoms with E-state index in [0.717, 1.165) is 11.5 Å². The third-order valence-electron chi connectivity index (χ3n) is 1.83. The number of thioether (sulfide) groups is 1. The Morgan fingerprint density at radius 2 is 2.64 bits per heavy atom. The van der Waals surface area contributed by atoms with Crippen LogP contribution in [-0.2, 0) is 0 Å². The van der Waals surface area contributed by atoms with Crippen LogP contribution in [0.15, 0.2) is 10.6 Å². The number of rotatable bonds is 1. The molecule has 0 saturated carbocycles. The molecule has 1 aliphatic rings. The fourth-order valence-electron chi connectivity index (χ4n) is 1.21. The van der Waals surface area contributed by atoms with Gasteiger partial charge in [0, 0.05) is 11.7 Å². The van der Waals surface area contributed by atoms with E-state index >= 15 is 0 Å². The molecule has 60 valence electrons. The van der Waals surface area contributed by atoms with Crippen molar-refractivity contribution in [3.05, 3.63) is 17.3 Å². The molecule has 0 aliphatic carbocycles. The lowest BCUT2D eigenvalue weighted by Gasteiger charge is -2.00. The van der Waals surface area contributed by atoms with Crippen molar-refractivity contribution in [1.82, 2.24) is 4.98 Å². The van der Waals surface area contributed by atoms with Crippen LogP contribution < -0.4 is 0 Å². The smallest absolute Gasteiger partial charge is 0.292 e. The minimum absolute atomic E-state index is 0.261. The van der Waals surface area contributed by atoms with E-state index in [9.17, 15) is 0 Å². The van der Waals surface area contributed by atoms with Gasteiger partial charge < -0.3 is 4.42 Å². The van der Waals surface area contributed by atoms with E-state index < -0.39 is 0 Å². The molecular weight excluding hydrogens is 182 g/mol. The Labute approximate surface area is 74.3 Å². The van der Waals surface area contributed by atoms with Crippen molar-refractivity contribution in [3.63, 3.8) is 0 Å². The summed E-state index contributed by atoms with van der Waals surface area (Å²) in [6.07, 6.45) is 2.93. The minimum atomic E-state index is 0.261. The molecule has 1 atom stereocenters. The van der Waals surface area contributed by atoms with Crippen LogP contribution in [0.1, 0.15) is 18.1 Å². The Morgan fingerprint density at radius 3 is 3.18 bits per heavy atom. The summed E-state index contributed by atoms with van der Waals surface area (Å²) < 4.78 is 5.21. The lowest BCUT2D eigenvalue weighted by atomic mass is 10.1. The van der Waals surface area contributed by atoms with Crippen LogP contribution in [0.2, 0.25) is 5.35 Å². The maximum atomic E-state index is 5.55. The van der Waals surface area contributed by atoms with Gasteiger partial charge in [-0.05, 0) is 23.8 Å². The molecule has 0 spiro atoms. The Morgan fingerprint density at radius 1 is 1.73 bits per heavy atom. The van der Waals surface area contributed by atoms with E-state index in [1.807, 2.05) is 11.8 Å². The van der Waals surface area contributed by atoms with Gasteiger partial charge in [0.05, 0.1) is 6.20 Å². The van der Waals surface area contributed by atoms with Gasteiger partial charge in [-0.3, -0.25) is 0 Å². The summed E-state index contributed by atoms with van der Waals surface area (Å²) in [5.74, 6) is 3.86. The summed E-state index contributed by atoms with van der Waals surface area (Å²) in [4.78, 5) is 3.85. The summed E-state index contributed by atoms with van der Waals surface area (Å²) in [5.41, 5.74) is 0. The third-order valence-corrected chi connectivity index (χ3v) is 3.16. The molecule has 1 aromatic heterocycles. The molecule has 11 heavy (non-hydrogen) atoms. The first-order valence-electron chi connectivity index (χ1n) is 3.55. The van der Waals surface area contributed by atoms with Gasteiger partial charge in [0.1, 0.15) is 5.76 Å². The van der Waals surface area contributed by atoms with Crippen molar-refractivity contribution in [2.45, 2.75) is 12.3 Å². The molecule has 0 N–H and O–H groups in total. The zero-order chi connectivity index (χ0) is 7.68. The van der Waals surface area contributed by atoms with Crippen molar-refractivity contribution in [3.8, 4) is 0 Å². The van der Waals surface area contributed by atoms with E-state index in [2.05, 4.69) is 4.98 Å². The second-order valence-electron chi connectivity index (χ2n) is 2.58. The SMILES string of the molecule is Clc1ncc(C2CCSC2)o1. The first kappa shape index (κ1) is 7.50. The molecule has 1 fully saturated rings. The van der Waals surface area contributed by atoms with Crippen LogP contribution in [0.25, 0.3) is 0 Å². The number of hydrogen-bond acceptors (Lipinski definition) is 3. The average Bonchev–Trinajstić information content (AvgIpc) is 2.55. The van der Waals surface area contributed by atoms with Crippen molar-refractivity contribution in [1.29, 1.82) is 0 Å². The lowest BCUT2D eigenvalue weighted by molar-refractivity contribution is 0.475. The standard InChI is InChI=1S/C7H8ClNOS/c8-7-9-3-6(10-7)5-1-2-11-4-5/h3,5H,1-2,4H2. The zero-order valence-electron chi connectivity index (χ0n) is 5.92. The van der Waals surface area contributed by atoms with Gasteiger partial charge in [-0.25, -0.2) is 4.98 Å². The molecule has 4 heteroatoms. The molecule has 1 unspecified atom stereocenters. The zero-order valence-corrected chi connectivity index (χ0v) is 7.49. The molecule has 2 rings (SSSR count). The minimum Gasteiger partial charge on any atom is -0.432 e. The number of aromatic nitrogens is 1. The highest BCUT2D eigenvalue weighted by atomic mass is 35.5. The highest BCUT2D eigenvalue weighted by Gasteiger charge is 2.20. The number of halogens is 1. The fourth-order valence-corrected chi connectivity index (χ4v) is 2.58. The summed E-state index contributed by atoms with van der Waals surface area (Å²) in [7, 11) is 0. The molecule has 1 aromatic rings. The molecular formula is C7H8ClNOS. The van der Waals surface area contributed by atoms with Gasteiger partial charge in [-0.1, -0.05) is 0 Å². The number of oxazole rings is 1. The molecule has 0 amide bonds. The summed E-state index contributed by atoms with van der Waals surface area (Å²) in [6, 6.07) is 0. The third kappa shape index (κ3) is 1.54. The van der Waals surface area contributed by atoms with Crippen molar-refractivity contribution in [2.24, 2.45) is 0 Å². The monoisotopic (exact) mass is 189 g/mol. The predicted octanol–water partition coefficient (Wildman–Crippen LogP) is 2.55. The molecule has 2 heterocycles. The Balaban J connectivity index is 2.15. The second-order valence-corrected chi connectivity index (χ2v) is 4.05. The molecule has 0 bridgehead atoms. The van der Waals surface area contributed by atoms with Crippen LogP contribution in [0.3, 0.4) is 0 Å². The first-order chi connectivity index (χ1) is 5.36. The molecule has 1 saturated heterocycles. The predicted molar refractivity (Wildman–Crippen MR) is 46.2 cm³/mol. The first-order valence-corrected chi connectivity index (χ1v) is 5.08. The van der Waals surface area contributed by atoms with Gasteiger partial charge in [-0.2, -0.15) is 11.8 Å². The van der Waals surface area contributed by atoms with Crippen LogP contribution in [0.5, 0.6) is 0 Å². The van der Waals surface area contributed by atoms with Crippen molar-refractivity contribution < 1.29 is 4.42 Å². The van der Waals surface area contributed by atoms with E-state index in [4.69, 9.17) is 16.0 Å². The lowest BCUT2D eigenvalue weighted by Crippen LogP contribution is -1.92.